The molecule has 1 aromatic heterocycles. The highest BCUT2D eigenvalue weighted by molar-refractivity contribution is 7.89. The number of carbonyl (C=O) groups is 1. The summed E-state index contributed by atoms with van der Waals surface area (Å²) >= 11 is 0. The summed E-state index contributed by atoms with van der Waals surface area (Å²) < 4.78 is 28.0. The van der Waals surface area contributed by atoms with Crippen molar-refractivity contribution in [3.05, 3.63) is 53.9 Å². The Morgan fingerprint density at radius 2 is 1.89 bits per heavy atom. The van der Waals surface area contributed by atoms with Crippen LogP contribution in [0.1, 0.15) is 34.9 Å². The van der Waals surface area contributed by atoms with Crippen LogP contribution in [0.3, 0.4) is 0 Å². The van der Waals surface area contributed by atoms with E-state index in [2.05, 4.69) is 9.71 Å². The van der Waals surface area contributed by atoms with Gasteiger partial charge < -0.3 is 14.8 Å². The number of carbonyl (C=O) groups excluding carboxylic acids is 1. The van der Waals surface area contributed by atoms with Crippen LogP contribution in [0, 0.1) is 0 Å². The van der Waals surface area contributed by atoms with E-state index in [-0.39, 0.29) is 23.4 Å². The molecule has 1 atom stereocenters. The van der Waals surface area contributed by atoms with E-state index in [9.17, 15) is 13.2 Å². The summed E-state index contributed by atoms with van der Waals surface area (Å²) in [6.07, 6.45) is 3.36. The third kappa shape index (κ3) is 4.58. The van der Waals surface area contributed by atoms with Crippen molar-refractivity contribution in [2.24, 2.45) is 0 Å². The zero-order valence-corrected chi connectivity index (χ0v) is 16.5. The van der Waals surface area contributed by atoms with Crippen LogP contribution in [0.5, 0.6) is 0 Å². The maximum atomic E-state index is 12.7. The fourth-order valence-electron chi connectivity index (χ4n) is 3.29. The molecule has 0 saturated carbocycles. The third-order valence-electron chi connectivity index (χ3n) is 4.86. The Hall–Kier alpha value is -2.16. The van der Waals surface area contributed by atoms with Crippen molar-refractivity contribution in [2.75, 3.05) is 33.7 Å². The lowest BCUT2D eigenvalue weighted by atomic mass is 10.1. The number of likely N-dealkylation sites (tertiary alicyclic amines) is 1. The number of aromatic nitrogens is 1. The minimum atomic E-state index is -3.71. The molecule has 27 heavy (non-hydrogen) atoms. The monoisotopic (exact) mass is 390 g/mol. The molecule has 0 radical (unpaired) electrons. The van der Waals surface area contributed by atoms with Gasteiger partial charge in [0.2, 0.25) is 10.0 Å². The predicted molar refractivity (Wildman–Crippen MR) is 104 cm³/mol. The number of hydrogen-bond donors (Lipinski definition) is 2. The van der Waals surface area contributed by atoms with Crippen LogP contribution in [0.4, 0.5) is 0 Å². The molecule has 1 unspecified atom stereocenters. The van der Waals surface area contributed by atoms with Crippen molar-refractivity contribution in [1.29, 1.82) is 0 Å². The van der Waals surface area contributed by atoms with E-state index < -0.39 is 10.0 Å². The first kappa shape index (κ1) is 19.6. The fourth-order valence-corrected chi connectivity index (χ4v) is 4.32. The second-order valence-corrected chi connectivity index (χ2v) is 8.76. The van der Waals surface area contributed by atoms with Crippen molar-refractivity contribution < 1.29 is 13.2 Å². The smallest absolute Gasteiger partial charge is 0.270 e. The van der Waals surface area contributed by atoms with Crippen LogP contribution in [0.25, 0.3) is 0 Å². The van der Waals surface area contributed by atoms with E-state index in [4.69, 9.17) is 0 Å². The molecule has 1 aliphatic rings. The summed E-state index contributed by atoms with van der Waals surface area (Å²) in [7, 11) is 0.112. The van der Waals surface area contributed by atoms with Gasteiger partial charge in [-0.15, -0.1) is 0 Å². The molecule has 0 aliphatic carbocycles. The molecule has 2 aromatic rings. The van der Waals surface area contributed by atoms with Gasteiger partial charge in [-0.05, 0) is 38.6 Å². The highest BCUT2D eigenvalue weighted by atomic mass is 32.2. The zero-order chi connectivity index (χ0) is 19.4. The number of likely N-dealkylation sites (N-methyl/N-ethyl adjacent to an activating group) is 1. The Morgan fingerprint density at radius 1 is 1.22 bits per heavy atom. The van der Waals surface area contributed by atoms with Crippen molar-refractivity contribution >= 4 is 15.9 Å². The van der Waals surface area contributed by atoms with Crippen LogP contribution in [-0.4, -0.2) is 62.8 Å². The Morgan fingerprint density at radius 3 is 2.52 bits per heavy atom. The molecule has 1 saturated heterocycles. The number of H-pyrrole nitrogens is 1. The van der Waals surface area contributed by atoms with E-state index in [1.54, 1.807) is 4.90 Å². The molecule has 1 aliphatic heterocycles. The lowest BCUT2D eigenvalue weighted by molar-refractivity contribution is 0.0787. The van der Waals surface area contributed by atoms with Crippen LogP contribution in [0.15, 0.2) is 47.5 Å². The summed E-state index contributed by atoms with van der Waals surface area (Å²) in [4.78, 5) is 19.0. The van der Waals surface area contributed by atoms with Gasteiger partial charge in [-0.3, -0.25) is 4.79 Å². The van der Waals surface area contributed by atoms with Crippen LogP contribution >= 0.6 is 0 Å². The number of nitrogens with zero attached hydrogens (tertiary/aromatic N) is 2. The number of amides is 1. The Balaban J connectivity index is 1.70. The number of benzene rings is 1. The summed E-state index contributed by atoms with van der Waals surface area (Å²) in [5, 5.41) is 0. The van der Waals surface area contributed by atoms with Gasteiger partial charge in [-0.2, -0.15) is 0 Å². The molecule has 7 nitrogen and oxygen atoms in total. The lowest BCUT2D eigenvalue weighted by Gasteiger charge is -2.25. The van der Waals surface area contributed by atoms with Crippen molar-refractivity contribution in [3.8, 4) is 0 Å². The van der Waals surface area contributed by atoms with E-state index in [1.165, 1.54) is 12.3 Å². The SMILES string of the molecule is CN(C)C(CNS(=O)(=O)c1c[nH]c(C(=O)N2CCCC2)c1)c1ccccc1. The number of sulfonamides is 1. The number of nitrogens with one attached hydrogen (secondary N) is 2. The number of rotatable bonds is 7. The summed E-state index contributed by atoms with van der Waals surface area (Å²) in [5.41, 5.74) is 1.34. The number of aromatic amines is 1. The van der Waals surface area contributed by atoms with Gasteiger partial charge in [-0.25, -0.2) is 13.1 Å². The molecule has 2 heterocycles. The topological polar surface area (TPSA) is 85.5 Å². The highest BCUT2D eigenvalue weighted by Crippen LogP contribution is 2.19. The van der Waals surface area contributed by atoms with Gasteiger partial charge in [0.15, 0.2) is 0 Å². The molecule has 146 valence electrons. The summed E-state index contributed by atoms with van der Waals surface area (Å²) in [5.74, 6) is -0.149. The average molecular weight is 391 g/mol. The molecule has 8 heteroatoms. The van der Waals surface area contributed by atoms with Gasteiger partial charge in [0.25, 0.3) is 5.91 Å². The number of hydrogen-bond acceptors (Lipinski definition) is 4. The molecule has 2 N–H and O–H groups in total. The van der Waals surface area contributed by atoms with Crippen LogP contribution < -0.4 is 4.72 Å². The highest BCUT2D eigenvalue weighted by Gasteiger charge is 2.24. The zero-order valence-electron chi connectivity index (χ0n) is 15.7. The third-order valence-corrected chi connectivity index (χ3v) is 6.27. The van der Waals surface area contributed by atoms with Crippen LogP contribution in [-0.2, 0) is 10.0 Å². The minimum Gasteiger partial charge on any atom is -0.356 e. The quantitative estimate of drug-likeness (QED) is 0.755. The molecular weight excluding hydrogens is 364 g/mol. The first-order valence-corrected chi connectivity index (χ1v) is 10.6. The van der Waals surface area contributed by atoms with Crippen LogP contribution in [0.2, 0.25) is 0 Å². The molecule has 1 fully saturated rings. The van der Waals surface area contributed by atoms with E-state index in [1.807, 2.05) is 49.3 Å². The van der Waals surface area contributed by atoms with Gasteiger partial charge in [-0.1, -0.05) is 30.3 Å². The largest absolute Gasteiger partial charge is 0.356 e. The Labute approximate surface area is 160 Å². The Bertz CT molecular complexity index is 871. The molecule has 3 rings (SSSR count). The van der Waals surface area contributed by atoms with Crippen molar-refractivity contribution in [2.45, 2.75) is 23.8 Å². The second kappa shape index (κ2) is 8.24. The fraction of sp³-hybridized carbons (Fsp3) is 0.421. The first-order chi connectivity index (χ1) is 12.9. The molecule has 0 spiro atoms. The maximum Gasteiger partial charge on any atom is 0.270 e. The predicted octanol–water partition coefficient (Wildman–Crippen LogP) is 1.83. The normalized spacial score (nSPS) is 16.0. The van der Waals surface area contributed by atoms with Crippen molar-refractivity contribution in [1.82, 2.24) is 19.5 Å². The standard InChI is InChI=1S/C19H26N4O3S/c1-22(2)18(15-8-4-3-5-9-15)14-21-27(25,26)16-12-17(20-13-16)19(24)23-10-6-7-11-23/h3-5,8-9,12-13,18,20-21H,6-7,10-11,14H2,1-2H3. The lowest BCUT2D eigenvalue weighted by Crippen LogP contribution is -2.34. The van der Waals surface area contributed by atoms with E-state index in [0.717, 1.165) is 31.5 Å². The molecule has 0 bridgehead atoms. The second-order valence-electron chi connectivity index (χ2n) is 6.99. The molecule has 1 amide bonds. The average Bonchev–Trinajstić information content (AvgIpc) is 3.34. The Kier molecular flexibility index (Phi) is 5.98. The van der Waals surface area contributed by atoms with Crippen molar-refractivity contribution in [3.63, 3.8) is 0 Å². The molecule has 1 aromatic carbocycles. The summed E-state index contributed by atoms with van der Waals surface area (Å²) in [6.45, 7) is 1.68. The summed E-state index contributed by atoms with van der Waals surface area (Å²) in [6, 6.07) is 11.1. The van der Waals surface area contributed by atoms with E-state index in [0.29, 0.717) is 5.69 Å². The van der Waals surface area contributed by atoms with E-state index >= 15 is 0 Å². The first-order valence-electron chi connectivity index (χ1n) is 9.07. The van der Waals surface area contributed by atoms with Gasteiger partial charge >= 0.3 is 0 Å². The van der Waals surface area contributed by atoms with Gasteiger partial charge in [0.1, 0.15) is 10.6 Å². The molecular formula is C19H26N4O3S. The minimum absolute atomic E-state index is 0.0793. The van der Waals surface area contributed by atoms with Gasteiger partial charge in [0, 0.05) is 31.9 Å². The van der Waals surface area contributed by atoms with Gasteiger partial charge in [0.05, 0.1) is 0 Å². The maximum absolute atomic E-state index is 12.7.